The number of ether oxygens (including phenoxy) is 1. The largest absolute Gasteiger partial charge is 0.493 e. The van der Waals surface area contributed by atoms with Gasteiger partial charge in [0.2, 0.25) is 0 Å². The summed E-state index contributed by atoms with van der Waals surface area (Å²) in [5, 5.41) is 3.04. The number of thioether (sulfide) groups is 1. The van der Waals surface area contributed by atoms with Gasteiger partial charge >= 0.3 is 0 Å². The van der Waals surface area contributed by atoms with Crippen molar-refractivity contribution in [2.45, 2.75) is 24.3 Å². The lowest BCUT2D eigenvalue weighted by Gasteiger charge is -2.27. The van der Waals surface area contributed by atoms with Crippen molar-refractivity contribution < 1.29 is 9.53 Å². The molecule has 154 valence electrons. The SMILES string of the molecule is CSc1cccc(-c2ccc3c(c2)C(NC(=O)c2ccc(C)n(C)c2=O)CCO3)c1. The molecule has 30 heavy (non-hydrogen) atoms. The molecule has 0 saturated carbocycles. The molecular formula is C24H24N2O3S. The van der Waals surface area contributed by atoms with Crippen molar-refractivity contribution in [3.05, 3.63) is 81.8 Å². The van der Waals surface area contributed by atoms with E-state index in [1.807, 2.05) is 25.1 Å². The minimum absolute atomic E-state index is 0.153. The summed E-state index contributed by atoms with van der Waals surface area (Å²) in [5.41, 5.74) is 3.80. The summed E-state index contributed by atoms with van der Waals surface area (Å²) in [5.74, 6) is 0.413. The normalized spacial score (nSPS) is 15.2. The Balaban J connectivity index is 1.65. The highest BCUT2D eigenvalue weighted by Gasteiger charge is 2.25. The Morgan fingerprint density at radius 3 is 2.73 bits per heavy atom. The van der Waals surface area contributed by atoms with E-state index in [4.69, 9.17) is 4.74 Å². The van der Waals surface area contributed by atoms with Gasteiger partial charge in [-0.1, -0.05) is 18.2 Å². The number of aryl methyl sites for hydroxylation is 1. The van der Waals surface area contributed by atoms with Crippen LogP contribution in [0.5, 0.6) is 5.75 Å². The second-order valence-corrected chi connectivity index (χ2v) is 8.28. The molecule has 3 aromatic rings. The van der Waals surface area contributed by atoms with E-state index >= 15 is 0 Å². The van der Waals surface area contributed by atoms with Crippen molar-refractivity contribution in [3.8, 4) is 16.9 Å². The molecule has 1 N–H and O–H groups in total. The molecule has 0 fully saturated rings. The van der Waals surface area contributed by atoms with Crippen LogP contribution in [0.3, 0.4) is 0 Å². The lowest BCUT2D eigenvalue weighted by atomic mass is 9.95. The topological polar surface area (TPSA) is 60.3 Å². The number of aromatic nitrogens is 1. The highest BCUT2D eigenvalue weighted by Crippen LogP contribution is 2.36. The number of hydrogen-bond donors (Lipinski definition) is 1. The first kappa shape index (κ1) is 20.3. The van der Waals surface area contributed by atoms with Crippen LogP contribution in [-0.2, 0) is 7.05 Å². The zero-order valence-electron chi connectivity index (χ0n) is 17.3. The van der Waals surface area contributed by atoms with Crippen LogP contribution in [0.2, 0.25) is 0 Å². The number of nitrogens with one attached hydrogen (secondary N) is 1. The summed E-state index contributed by atoms with van der Waals surface area (Å²) < 4.78 is 7.30. The van der Waals surface area contributed by atoms with Gasteiger partial charge in [0.25, 0.3) is 11.5 Å². The summed E-state index contributed by atoms with van der Waals surface area (Å²) in [4.78, 5) is 26.6. The molecule has 0 spiro atoms. The van der Waals surface area contributed by atoms with E-state index in [0.29, 0.717) is 13.0 Å². The third kappa shape index (κ3) is 3.87. The number of carbonyl (C=O) groups excluding carboxylic acids is 1. The Morgan fingerprint density at radius 1 is 1.13 bits per heavy atom. The van der Waals surface area contributed by atoms with Crippen LogP contribution in [0.15, 0.2) is 64.3 Å². The fourth-order valence-electron chi connectivity index (χ4n) is 3.66. The third-order valence-electron chi connectivity index (χ3n) is 5.56. The highest BCUT2D eigenvalue weighted by atomic mass is 32.2. The minimum Gasteiger partial charge on any atom is -0.493 e. The second-order valence-electron chi connectivity index (χ2n) is 7.40. The Morgan fingerprint density at radius 2 is 1.93 bits per heavy atom. The number of fused-ring (bicyclic) bond motifs is 1. The molecule has 4 rings (SSSR count). The zero-order chi connectivity index (χ0) is 21.3. The summed E-state index contributed by atoms with van der Waals surface area (Å²) in [6.07, 6.45) is 2.71. The van der Waals surface area contributed by atoms with Crippen molar-refractivity contribution in [2.24, 2.45) is 7.05 Å². The zero-order valence-corrected chi connectivity index (χ0v) is 18.1. The maximum absolute atomic E-state index is 12.9. The van der Waals surface area contributed by atoms with Crippen LogP contribution in [0.25, 0.3) is 11.1 Å². The average molecular weight is 421 g/mol. The third-order valence-corrected chi connectivity index (χ3v) is 6.28. The molecule has 0 radical (unpaired) electrons. The molecular weight excluding hydrogens is 396 g/mol. The molecule has 1 atom stereocenters. The van der Waals surface area contributed by atoms with E-state index in [1.54, 1.807) is 30.9 Å². The van der Waals surface area contributed by atoms with Crippen LogP contribution < -0.4 is 15.6 Å². The Bertz CT molecular complexity index is 1170. The monoisotopic (exact) mass is 420 g/mol. The minimum atomic E-state index is -0.358. The van der Waals surface area contributed by atoms with E-state index in [1.165, 1.54) is 9.46 Å². The first-order valence-electron chi connectivity index (χ1n) is 9.86. The molecule has 2 aromatic carbocycles. The molecule has 1 aromatic heterocycles. The second kappa shape index (κ2) is 8.40. The molecule has 6 heteroatoms. The van der Waals surface area contributed by atoms with E-state index in [-0.39, 0.29) is 23.1 Å². The first-order valence-corrected chi connectivity index (χ1v) is 11.1. The number of rotatable bonds is 4. The smallest absolute Gasteiger partial charge is 0.263 e. The summed E-state index contributed by atoms with van der Waals surface area (Å²) >= 11 is 1.70. The van der Waals surface area contributed by atoms with Gasteiger partial charge in [0.1, 0.15) is 11.3 Å². The number of pyridine rings is 1. The molecule has 0 bridgehead atoms. The van der Waals surface area contributed by atoms with Gasteiger partial charge in [-0.25, -0.2) is 0 Å². The van der Waals surface area contributed by atoms with Crippen LogP contribution in [0.4, 0.5) is 0 Å². The van der Waals surface area contributed by atoms with Gasteiger partial charge in [-0.15, -0.1) is 11.8 Å². The van der Waals surface area contributed by atoms with Gasteiger partial charge in [-0.2, -0.15) is 0 Å². The number of hydrogen-bond acceptors (Lipinski definition) is 4. The van der Waals surface area contributed by atoms with Crippen LogP contribution in [-0.4, -0.2) is 23.3 Å². The maximum Gasteiger partial charge on any atom is 0.263 e. The Labute approximate surface area is 180 Å². The van der Waals surface area contributed by atoms with Crippen molar-refractivity contribution in [1.82, 2.24) is 9.88 Å². The van der Waals surface area contributed by atoms with Crippen molar-refractivity contribution in [1.29, 1.82) is 0 Å². The first-order chi connectivity index (χ1) is 14.5. The van der Waals surface area contributed by atoms with Crippen LogP contribution in [0, 0.1) is 6.92 Å². The number of nitrogens with zero attached hydrogens (tertiary/aromatic N) is 1. The quantitative estimate of drug-likeness (QED) is 0.638. The van der Waals surface area contributed by atoms with Gasteiger partial charge in [0.05, 0.1) is 12.6 Å². The summed E-state index contributed by atoms with van der Waals surface area (Å²) in [6.45, 7) is 2.36. The summed E-state index contributed by atoms with van der Waals surface area (Å²) in [6, 6.07) is 17.6. The van der Waals surface area contributed by atoms with E-state index in [0.717, 1.165) is 28.1 Å². The molecule has 5 nitrogen and oxygen atoms in total. The number of benzene rings is 2. The van der Waals surface area contributed by atoms with Crippen molar-refractivity contribution >= 4 is 17.7 Å². The predicted octanol–water partition coefficient (Wildman–Crippen LogP) is 4.34. The lowest BCUT2D eigenvalue weighted by Crippen LogP contribution is -2.36. The van der Waals surface area contributed by atoms with Crippen molar-refractivity contribution in [2.75, 3.05) is 12.9 Å². The molecule has 1 aliphatic heterocycles. The summed E-state index contributed by atoms with van der Waals surface area (Å²) in [7, 11) is 1.67. The maximum atomic E-state index is 12.9. The van der Waals surface area contributed by atoms with Gasteiger partial charge in [0.15, 0.2) is 0 Å². The van der Waals surface area contributed by atoms with Gasteiger partial charge < -0.3 is 14.6 Å². The molecule has 1 amide bonds. The highest BCUT2D eigenvalue weighted by molar-refractivity contribution is 7.98. The average Bonchev–Trinajstić information content (AvgIpc) is 2.77. The molecule has 0 saturated heterocycles. The van der Waals surface area contributed by atoms with E-state index < -0.39 is 0 Å². The lowest BCUT2D eigenvalue weighted by molar-refractivity contribution is 0.0922. The van der Waals surface area contributed by atoms with E-state index in [9.17, 15) is 9.59 Å². The Hall–Kier alpha value is -2.99. The van der Waals surface area contributed by atoms with Gasteiger partial charge in [-0.05, 0) is 60.7 Å². The van der Waals surface area contributed by atoms with Gasteiger partial charge in [0, 0.05) is 29.6 Å². The molecule has 1 unspecified atom stereocenters. The fraction of sp³-hybridized carbons (Fsp3) is 0.250. The standard InChI is InChI=1S/C24H24N2O3S/c1-15-7-9-19(24(28)26(15)2)23(27)25-21-11-12-29-22-10-8-17(14-20(21)22)16-5-4-6-18(13-16)30-3/h4-10,13-14,21H,11-12H2,1-3H3,(H,25,27). The molecule has 0 aliphatic carbocycles. The van der Waals surface area contributed by atoms with Crippen LogP contribution in [0.1, 0.15) is 34.1 Å². The number of carbonyl (C=O) groups is 1. The predicted molar refractivity (Wildman–Crippen MR) is 120 cm³/mol. The van der Waals surface area contributed by atoms with Crippen molar-refractivity contribution in [3.63, 3.8) is 0 Å². The van der Waals surface area contributed by atoms with E-state index in [2.05, 4.69) is 35.8 Å². The fourth-order valence-corrected chi connectivity index (χ4v) is 4.12. The van der Waals surface area contributed by atoms with Gasteiger partial charge in [-0.3, -0.25) is 9.59 Å². The molecule has 2 heterocycles. The number of amides is 1. The Kier molecular flexibility index (Phi) is 5.68. The molecule has 1 aliphatic rings. The van der Waals surface area contributed by atoms with Crippen LogP contribution >= 0.6 is 11.8 Å².